The molecule has 0 spiro atoms. The molecule has 4 heteroatoms. The zero-order chi connectivity index (χ0) is 11.8. The predicted octanol–water partition coefficient (Wildman–Crippen LogP) is 1.92. The van der Waals surface area contributed by atoms with Gasteiger partial charge >= 0.3 is 11.9 Å². The van der Waals surface area contributed by atoms with Gasteiger partial charge < -0.3 is 9.47 Å². The molecule has 88 valence electrons. The Labute approximate surface area is 90.9 Å². The standard InChI is InChI=1S/C11H20O4/c1-8(2)5-6-11(15-10(4)13)7-14-9(3)12/h8,11H,5-7H2,1-4H3. The minimum absolute atomic E-state index is 0.154. The fourth-order valence-electron chi connectivity index (χ4n) is 1.14. The van der Waals surface area contributed by atoms with Gasteiger partial charge in [-0.15, -0.1) is 0 Å². The molecule has 0 radical (unpaired) electrons. The summed E-state index contributed by atoms with van der Waals surface area (Å²) in [7, 11) is 0. The van der Waals surface area contributed by atoms with Crippen molar-refractivity contribution in [2.24, 2.45) is 5.92 Å². The highest BCUT2D eigenvalue weighted by Gasteiger charge is 2.14. The van der Waals surface area contributed by atoms with Gasteiger partial charge in [-0.2, -0.15) is 0 Å². The molecule has 0 aliphatic heterocycles. The van der Waals surface area contributed by atoms with E-state index in [0.29, 0.717) is 5.92 Å². The van der Waals surface area contributed by atoms with Gasteiger partial charge in [0, 0.05) is 13.8 Å². The molecule has 0 aromatic rings. The first kappa shape index (κ1) is 13.9. The van der Waals surface area contributed by atoms with Crippen LogP contribution in [0.1, 0.15) is 40.5 Å². The Morgan fingerprint density at radius 1 is 1.07 bits per heavy atom. The van der Waals surface area contributed by atoms with E-state index >= 15 is 0 Å². The lowest BCUT2D eigenvalue weighted by atomic mass is 10.1. The quantitative estimate of drug-likeness (QED) is 0.636. The van der Waals surface area contributed by atoms with Crippen molar-refractivity contribution in [1.29, 1.82) is 0 Å². The molecular formula is C11H20O4. The van der Waals surface area contributed by atoms with Crippen molar-refractivity contribution in [2.75, 3.05) is 6.61 Å². The summed E-state index contributed by atoms with van der Waals surface area (Å²) in [5.41, 5.74) is 0. The van der Waals surface area contributed by atoms with E-state index in [2.05, 4.69) is 13.8 Å². The minimum Gasteiger partial charge on any atom is -0.462 e. The number of hydrogen-bond donors (Lipinski definition) is 0. The molecule has 0 saturated heterocycles. The van der Waals surface area contributed by atoms with Crippen molar-refractivity contribution < 1.29 is 19.1 Å². The van der Waals surface area contributed by atoms with Gasteiger partial charge in [0.25, 0.3) is 0 Å². The van der Waals surface area contributed by atoms with E-state index in [0.717, 1.165) is 12.8 Å². The van der Waals surface area contributed by atoms with Crippen LogP contribution in [0, 0.1) is 5.92 Å². The Hall–Kier alpha value is -1.06. The highest BCUT2D eigenvalue weighted by molar-refractivity contribution is 5.67. The molecule has 0 fully saturated rings. The molecule has 0 heterocycles. The Kier molecular flexibility index (Phi) is 6.75. The van der Waals surface area contributed by atoms with Gasteiger partial charge in [0.05, 0.1) is 0 Å². The fourth-order valence-corrected chi connectivity index (χ4v) is 1.14. The van der Waals surface area contributed by atoms with Crippen molar-refractivity contribution in [3.05, 3.63) is 0 Å². The molecule has 1 unspecified atom stereocenters. The summed E-state index contributed by atoms with van der Waals surface area (Å²) in [5.74, 6) is -0.145. The molecule has 1 atom stereocenters. The summed E-state index contributed by atoms with van der Waals surface area (Å²) in [4.78, 5) is 21.4. The van der Waals surface area contributed by atoms with Crippen LogP contribution in [0.3, 0.4) is 0 Å². The van der Waals surface area contributed by atoms with Gasteiger partial charge in [0.15, 0.2) is 0 Å². The lowest BCUT2D eigenvalue weighted by Gasteiger charge is -2.17. The maximum absolute atomic E-state index is 10.8. The summed E-state index contributed by atoms with van der Waals surface area (Å²) < 4.78 is 9.86. The topological polar surface area (TPSA) is 52.6 Å². The van der Waals surface area contributed by atoms with Gasteiger partial charge in [0.1, 0.15) is 12.7 Å². The third kappa shape index (κ3) is 9.25. The van der Waals surface area contributed by atoms with Gasteiger partial charge in [-0.05, 0) is 18.8 Å². The number of carbonyl (C=O) groups is 2. The third-order valence-corrected chi connectivity index (χ3v) is 1.87. The SMILES string of the molecule is CC(=O)OCC(CCC(C)C)OC(C)=O. The lowest BCUT2D eigenvalue weighted by Crippen LogP contribution is -2.24. The Bertz CT molecular complexity index is 211. The summed E-state index contributed by atoms with van der Waals surface area (Å²) in [5, 5.41) is 0. The zero-order valence-electron chi connectivity index (χ0n) is 9.91. The molecule has 4 nitrogen and oxygen atoms in total. The van der Waals surface area contributed by atoms with E-state index in [4.69, 9.17) is 9.47 Å². The maximum atomic E-state index is 10.8. The van der Waals surface area contributed by atoms with E-state index in [-0.39, 0.29) is 24.6 Å². The number of rotatable bonds is 6. The van der Waals surface area contributed by atoms with E-state index in [9.17, 15) is 9.59 Å². The summed E-state index contributed by atoms with van der Waals surface area (Å²) >= 11 is 0. The van der Waals surface area contributed by atoms with Crippen LogP contribution in [0.5, 0.6) is 0 Å². The number of ether oxygens (including phenoxy) is 2. The Morgan fingerprint density at radius 2 is 1.67 bits per heavy atom. The van der Waals surface area contributed by atoms with Crippen molar-refractivity contribution in [3.63, 3.8) is 0 Å². The fraction of sp³-hybridized carbons (Fsp3) is 0.818. The summed E-state index contributed by atoms with van der Waals surface area (Å²) in [6, 6.07) is 0. The van der Waals surface area contributed by atoms with Crippen LogP contribution in [-0.4, -0.2) is 24.6 Å². The van der Waals surface area contributed by atoms with Gasteiger partial charge in [-0.25, -0.2) is 0 Å². The van der Waals surface area contributed by atoms with Gasteiger partial charge in [0.2, 0.25) is 0 Å². The van der Waals surface area contributed by atoms with Gasteiger partial charge in [-0.1, -0.05) is 13.8 Å². The molecule has 15 heavy (non-hydrogen) atoms. The molecule has 0 aliphatic carbocycles. The minimum atomic E-state index is -0.350. The highest BCUT2D eigenvalue weighted by atomic mass is 16.6. The van der Waals surface area contributed by atoms with E-state index < -0.39 is 0 Å². The normalized spacial score (nSPS) is 12.3. The van der Waals surface area contributed by atoms with E-state index in [1.165, 1.54) is 13.8 Å². The molecule has 0 aromatic heterocycles. The number of hydrogen-bond acceptors (Lipinski definition) is 4. The second-order valence-corrected chi connectivity index (χ2v) is 4.01. The molecular weight excluding hydrogens is 196 g/mol. The molecule has 0 bridgehead atoms. The van der Waals surface area contributed by atoms with Crippen LogP contribution >= 0.6 is 0 Å². The van der Waals surface area contributed by atoms with Crippen LogP contribution in [0.4, 0.5) is 0 Å². The third-order valence-electron chi connectivity index (χ3n) is 1.87. The average molecular weight is 216 g/mol. The summed E-state index contributed by atoms with van der Waals surface area (Å²) in [6.45, 7) is 7.04. The Balaban J connectivity index is 3.94. The Morgan fingerprint density at radius 3 is 2.07 bits per heavy atom. The van der Waals surface area contributed by atoms with E-state index in [1.54, 1.807) is 0 Å². The van der Waals surface area contributed by atoms with Crippen LogP contribution < -0.4 is 0 Å². The van der Waals surface area contributed by atoms with Crippen LogP contribution in [-0.2, 0) is 19.1 Å². The lowest BCUT2D eigenvalue weighted by molar-refractivity contribution is -0.156. The maximum Gasteiger partial charge on any atom is 0.303 e. The van der Waals surface area contributed by atoms with Crippen molar-refractivity contribution in [2.45, 2.75) is 46.6 Å². The van der Waals surface area contributed by atoms with Gasteiger partial charge in [-0.3, -0.25) is 9.59 Å². The molecule has 0 N–H and O–H groups in total. The predicted molar refractivity (Wildman–Crippen MR) is 56.3 cm³/mol. The molecule has 0 aromatic carbocycles. The monoisotopic (exact) mass is 216 g/mol. The van der Waals surface area contributed by atoms with E-state index in [1.807, 2.05) is 0 Å². The number of carbonyl (C=O) groups excluding carboxylic acids is 2. The second kappa shape index (κ2) is 7.26. The number of esters is 2. The smallest absolute Gasteiger partial charge is 0.303 e. The molecule has 0 saturated carbocycles. The molecule has 0 rings (SSSR count). The largest absolute Gasteiger partial charge is 0.462 e. The van der Waals surface area contributed by atoms with Crippen LogP contribution in [0.25, 0.3) is 0 Å². The second-order valence-electron chi connectivity index (χ2n) is 4.01. The van der Waals surface area contributed by atoms with Crippen molar-refractivity contribution in [3.8, 4) is 0 Å². The zero-order valence-corrected chi connectivity index (χ0v) is 9.91. The average Bonchev–Trinajstić information content (AvgIpc) is 2.08. The first-order valence-corrected chi connectivity index (χ1v) is 5.22. The molecule has 0 aliphatic rings. The highest BCUT2D eigenvalue weighted by Crippen LogP contribution is 2.10. The summed E-state index contributed by atoms with van der Waals surface area (Å²) in [6.07, 6.45) is 1.36. The van der Waals surface area contributed by atoms with Crippen LogP contribution in [0.2, 0.25) is 0 Å². The molecule has 0 amide bonds. The first-order chi connectivity index (χ1) is 6.91. The van der Waals surface area contributed by atoms with Crippen molar-refractivity contribution in [1.82, 2.24) is 0 Å². The van der Waals surface area contributed by atoms with Crippen LogP contribution in [0.15, 0.2) is 0 Å². The van der Waals surface area contributed by atoms with Crippen molar-refractivity contribution >= 4 is 11.9 Å². The first-order valence-electron chi connectivity index (χ1n) is 5.22.